The van der Waals surface area contributed by atoms with E-state index in [9.17, 15) is 14.0 Å². The molecule has 30 heavy (non-hydrogen) atoms. The third-order valence-electron chi connectivity index (χ3n) is 5.27. The van der Waals surface area contributed by atoms with Crippen molar-refractivity contribution in [1.82, 2.24) is 9.55 Å². The highest BCUT2D eigenvalue weighted by Gasteiger charge is 2.14. The first kappa shape index (κ1) is 19.6. The number of aryl methyl sites for hydroxylation is 2. The van der Waals surface area contributed by atoms with Gasteiger partial charge in [-0.2, -0.15) is 0 Å². The highest BCUT2D eigenvalue weighted by Crippen LogP contribution is 2.23. The van der Waals surface area contributed by atoms with Crippen molar-refractivity contribution in [3.8, 4) is 0 Å². The maximum absolute atomic E-state index is 13.1. The number of fused-ring (bicyclic) bond motifs is 1. The Balaban J connectivity index is 1.64. The summed E-state index contributed by atoms with van der Waals surface area (Å²) in [4.78, 5) is 28.1. The van der Waals surface area contributed by atoms with Gasteiger partial charge in [-0.3, -0.25) is 9.36 Å². The molecule has 0 aliphatic heterocycles. The fraction of sp³-hybridized carbons (Fsp3) is 0.167. The Labute approximate surface area is 173 Å². The van der Waals surface area contributed by atoms with E-state index in [0.717, 1.165) is 28.8 Å². The van der Waals surface area contributed by atoms with E-state index >= 15 is 0 Å². The molecule has 0 fully saturated rings. The molecular weight excluding hydrogens is 381 g/mol. The van der Waals surface area contributed by atoms with E-state index in [-0.39, 0.29) is 17.4 Å². The van der Waals surface area contributed by atoms with Gasteiger partial charge in [-0.25, -0.2) is 9.18 Å². The average Bonchev–Trinajstić information content (AvgIpc) is 3.05. The van der Waals surface area contributed by atoms with E-state index in [1.54, 1.807) is 34.9 Å². The van der Waals surface area contributed by atoms with Crippen molar-refractivity contribution in [1.29, 1.82) is 0 Å². The summed E-state index contributed by atoms with van der Waals surface area (Å²) < 4.78 is 14.7. The first-order valence-corrected chi connectivity index (χ1v) is 9.83. The zero-order valence-electron chi connectivity index (χ0n) is 16.8. The van der Waals surface area contributed by atoms with Crippen LogP contribution in [0.4, 0.5) is 10.1 Å². The summed E-state index contributed by atoms with van der Waals surface area (Å²) in [5, 5.41) is 3.00. The highest BCUT2D eigenvalue weighted by atomic mass is 19.1. The van der Waals surface area contributed by atoms with Crippen molar-refractivity contribution in [2.45, 2.75) is 26.8 Å². The van der Waals surface area contributed by atoms with Gasteiger partial charge in [0.05, 0.1) is 17.6 Å². The summed E-state index contributed by atoms with van der Waals surface area (Å²) in [6.45, 7) is 4.32. The quantitative estimate of drug-likeness (QED) is 0.510. The lowest BCUT2D eigenvalue weighted by Crippen LogP contribution is -2.17. The minimum Gasteiger partial charge on any atom is -0.321 e. The Hall–Kier alpha value is -3.67. The van der Waals surface area contributed by atoms with E-state index in [1.807, 2.05) is 32.0 Å². The van der Waals surface area contributed by atoms with Gasteiger partial charge in [0.2, 0.25) is 0 Å². The molecule has 0 atom stereocenters. The van der Waals surface area contributed by atoms with Crippen LogP contribution < -0.4 is 11.0 Å². The number of amides is 1. The van der Waals surface area contributed by atoms with Crippen molar-refractivity contribution in [3.05, 3.63) is 99.2 Å². The summed E-state index contributed by atoms with van der Waals surface area (Å²) in [6.07, 6.45) is 0.815. The van der Waals surface area contributed by atoms with Crippen LogP contribution >= 0.6 is 0 Å². The van der Waals surface area contributed by atoms with Gasteiger partial charge in [0.25, 0.3) is 5.91 Å². The molecule has 5 nitrogen and oxygen atoms in total. The SMILES string of the molecule is CCc1cccc(C)c1NC(=O)c1ccc2c(c1)[nH]c(=O)n2Cc1ccc(F)cc1. The number of H-pyrrole nitrogens is 1. The van der Waals surface area contributed by atoms with Crippen LogP contribution in [0.2, 0.25) is 0 Å². The van der Waals surface area contributed by atoms with Crippen LogP contribution in [0.25, 0.3) is 11.0 Å². The number of nitrogens with zero attached hydrogens (tertiary/aromatic N) is 1. The van der Waals surface area contributed by atoms with Crippen molar-refractivity contribution in [2.24, 2.45) is 0 Å². The van der Waals surface area contributed by atoms with Crippen LogP contribution in [-0.4, -0.2) is 15.5 Å². The minimum absolute atomic E-state index is 0.229. The number of carbonyl (C=O) groups is 1. The molecule has 2 N–H and O–H groups in total. The topological polar surface area (TPSA) is 66.9 Å². The van der Waals surface area contributed by atoms with Crippen LogP contribution in [0.1, 0.15) is 34.0 Å². The third kappa shape index (κ3) is 3.76. The van der Waals surface area contributed by atoms with Crippen LogP contribution in [0.3, 0.4) is 0 Å². The minimum atomic E-state index is -0.319. The first-order chi connectivity index (χ1) is 14.5. The van der Waals surface area contributed by atoms with E-state index in [0.29, 0.717) is 23.1 Å². The number of nitrogens with one attached hydrogen (secondary N) is 2. The maximum atomic E-state index is 13.1. The summed E-state index contributed by atoms with van der Waals surface area (Å²) in [7, 11) is 0. The molecule has 0 aliphatic carbocycles. The lowest BCUT2D eigenvalue weighted by Gasteiger charge is -2.13. The van der Waals surface area contributed by atoms with Crippen LogP contribution in [-0.2, 0) is 13.0 Å². The zero-order valence-corrected chi connectivity index (χ0v) is 16.8. The molecule has 0 bridgehead atoms. The predicted molar refractivity (Wildman–Crippen MR) is 117 cm³/mol. The Bertz CT molecular complexity index is 1290. The molecule has 1 aromatic heterocycles. The average molecular weight is 403 g/mol. The van der Waals surface area contributed by atoms with Gasteiger partial charge >= 0.3 is 5.69 Å². The van der Waals surface area contributed by atoms with Crippen molar-refractivity contribution in [2.75, 3.05) is 5.32 Å². The summed E-state index contributed by atoms with van der Waals surface area (Å²) in [5.41, 5.74) is 5.16. The molecule has 4 aromatic rings. The van der Waals surface area contributed by atoms with Gasteiger partial charge in [-0.05, 0) is 60.4 Å². The van der Waals surface area contributed by atoms with Gasteiger partial charge in [-0.15, -0.1) is 0 Å². The smallest absolute Gasteiger partial charge is 0.321 e. The van der Waals surface area contributed by atoms with Crippen molar-refractivity contribution in [3.63, 3.8) is 0 Å². The number of rotatable bonds is 5. The van der Waals surface area contributed by atoms with E-state index < -0.39 is 0 Å². The second-order valence-corrected chi connectivity index (χ2v) is 7.29. The molecule has 0 spiro atoms. The number of halogens is 1. The maximum Gasteiger partial charge on any atom is 0.326 e. The number of anilines is 1. The van der Waals surface area contributed by atoms with Crippen LogP contribution in [0.5, 0.6) is 0 Å². The van der Waals surface area contributed by atoms with E-state index in [1.165, 1.54) is 12.1 Å². The summed E-state index contributed by atoms with van der Waals surface area (Å²) in [6, 6.07) is 17.1. The molecule has 3 aromatic carbocycles. The monoisotopic (exact) mass is 403 g/mol. The van der Waals surface area contributed by atoms with Gasteiger partial charge in [0.15, 0.2) is 0 Å². The van der Waals surface area contributed by atoms with Gasteiger partial charge in [0, 0.05) is 11.3 Å². The lowest BCUT2D eigenvalue weighted by atomic mass is 10.1. The summed E-state index contributed by atoms with van der Waals surface area (Å²) in [5.74, 6) is -0.548. The Kier molecular flexibility index (Phi) is 5.23. The number of aromatic amines is 1. The van der Waals surface area contributed by atoms with Gasteiger partial charge in [0.1, 0.15) is 5.82 Å². The molecule has 0 radical (unpaired) electrons. The molecule has 152 valence electrons. The standard InChI is InChI=1S/C24H22FN3O2/c1-3-17-6-4-5-15(2)22(17)27-23(29)18-9-12-21-20(13-18)26-24(30)28(21)14-16-7-10-19(25)11-8-16/h4-13H,3,14H2,1-2H3,(H,26,30)(H,27,29). The number of carbonyl (C=O) groups excluding carboxylic acids is 1. The number of aromatic nitrogens is 2. The third-order valence-corrected chi connectivity index (χ3v) is 5.27. The fourth-order valence-corrected chi connectivity index (χ4v) is 3.62. The normalized spacial score (nSPS) is 11.0. The number of imidazole rings is 1. The number of para-hydroxylation sites is 1. The first-order valence-electron chi connectivity index (χ1n) is 9.83. The fourth-order valence-electron chi connectivity index (χ4n) is 3.62. The van der Waals surface area contributed by atoms with E-state index in [2.05, 4.69) is 10.3 Å². The molecule has 4 rings (SSSR count). The highest BCUT2D eigenvalue weighted by molar-refractivity contribution is 6.06. The van der Waals surface area contributed by atoms with Crippen molar-refractivity contribution < 1.29 is 9.18 Å². The summed E-state index contributed by atoms with van der Waals surface area (Å²) >= 11 is 0. The van der Waals surface area contributed by atoms with Crippen LogP contribution in [0.15, 0.2) is 65.5 Å². The molecule has 0 aliphatic rings. The second kappa shape index (κ2) is 7.99. The largest absolute Gasteiger partial charge is 0.326 e. The van der Waals surface area contributed by atoms with Gasteiger partial charge in [-0.1, -0.05) is 37.3 Å². The lowest BCUT2D eigenvalue weighted by molar-refractivity contribution is 0.102. The Morgan fingerprint density at radius 3 is 2.60 bits per heavy atom. The molecule has 0 saturated carbocycles. The number of hydrogen-bond acceptors (Lipinski definition) is 2. The zero-order chi connectivity index (χ0) is 21.3. The van der Waals surface area contributed by atoms with Gasteiger partial charge < -0.3 is 10.3 Å². The molecule has 1 amide bonds. The molecule has 0 unspecified atom stereocenters. The Morgan fingerprint density at radius 2 is 1.87 bits per heavy atom. The molecule has 1 heterocycles. The Morgan fingerprint density at radius 1 is 1.10 bits per heavy atom. The van der Waals surface area contributed by atoms with E-state index in [4.69, 9.17) is 0 Å². The predicted octanol–water partition coefficient (Wildman–Crippen LogP) is 4.64. The second-order valence-electron chi connectivity index (χ2n) is 7.29. The molecular formula is C24H22FN3O2. The molecule has 0 saturated heterocycles. The number of benzene rings is 3. The van der Waals surface area contributed by atoms with Crippen molar-refractivity contribution >= 4 is 22.6 Å². The molecule has 6 heteroatoms. The van der Waals surface area contributed by atoms with Crippen LogP contribution in [0, 0.1) is 12.7 Å². The number of hydrogen-bond donors (Lipinski definition) is 2.